The molecule has 0 aliphatic carbocycles. The minimum Gasteiger partial charge on any atom is -0.389 e. The SMILES string of the molecule is CC(C)[C@H](NC(=O)CCc1cccnc1)C(=O)N[C@@H](Cc1ccccc1)C(O)[C@H](Cc1ccccc1)NC(=O)[C@@H](NC(=O)CCc1cccnc1)C(C)C. The highest BCUT2D eigenvalue weighted by molar-refractivity contribution is 5.89. The molecule has 0 radical (unpaired) electrons. The van der Waals surface area contributed by atoms with E-state index < -0.39 is 42.1 Å². The Bertz CT molecular complexity index is 1610. The van der Waals surface area contributed by atoms with E-state index in [1.807, 2.05) is 113 Å². The molecule has 0 spiro atoms. The van der Waals surface area contributed by atoms with Crippen LogP contribution in [0.2, 0.25) is 0 Å². The number of amides is 4. The molecule has 0 saturated heterocycles. The molecule has 0 aliphatic rings. The van der Waals surface area contributed by atoms with E-state index in [2.05, 4.69) is 31.2 Å². The summed E-state index contributed by atoms with van der Waals surface area (Å²) in [5.41, 5.74) is 3.57. The normalized spacial score (nSPS) is 13.5. The number of nitrogens with zero attached hydrogens (tertiary/aromatic N) is 2. The van der Waals surface area contributed by atoms with Crippen LogP contribution in [0.1, 0.15) is 62.8 Å². The van der Waals surface area contributed by atoms with Crippen molar-refractivity contribution >= 4 is 23.6 Å². The van der Waals surface area contributed by atoms with Crippen LogP contribution in [0, 0.1) is 11.8 Å². The molecule has 286 valence electrons. The zero-order valence-corrected chi connectivity index (χ0v) is 31.7. The fourth-order valence-corrected chi connectivity index (χ4v) is 6.24. The number of rotatable bonds is 20. The third kappa shape index (κ3) is 13.5. The van der Waals surface area contributed by atoms with Crippen LogP contribution in [-0.2, 0) is 44.9 Å². The van der Waals surface area contributed by atoms with Crippen molar-refractivity contribution in [1.29, 1.82) is 0 Å². The van der Waals surface area contributed by atoms with E-state index in [1.54, 1.807) is 24.8 Å². The van der Waals surface area contributed by atoms with Crippen LogP contribution in [-0.4, -0.2) is 69.0 Å². The first kappa shape index (κ1) is 41.3. The summed E-state index contributed by atoms with van der Waals surface area (Å²) in [7, 11) is 0. The number of aliphatic hydroxyl groups is 1. The third-order valence-electron chi connectivity index (χ3n) is 9.34. The van der Waals surface area contributed by atoms with Gasteiger partial charge in [0, 0.05) is 37.6 Å². The Kier molecular flexibility index (Phi) is 16.3. The molecule has 0 fully saturated rings. The summed E-state index contributed by atoms with van der Waals surface area (Å²) in [6, 6.07) is 22.9. The lowest BCUT2D eigenvalue weighted by Crippen LogP contribution is -2.61. The number of aromatic nitrogens is 2. The van der Waals surface area contributed by atoms with E-state index in [4.69, 9.17) is 0 Å². The van der Waals surface area contributed by atoms with Crippen molar-refractivity contribution in [3.8, 4) is 0 Å². The van der Waals surface area contributed by atoms with Gasteiger partial charge in [-0.05, 0) is 71.9 Å². The lowest BCUT2D eigenvalue weighted by molar-refractivity contribution is -0.132. The second kappa shape index (κ2) is 21.3. The minimum atomic E-state index is -1.26. The van der Waals surface area contributed by atoms with Crippen molar-refractivity contribution in [2.75, 3.05) is 0 Å². The van der Waals surface area contributed by atoms with Gasteiger partial charge in [0.1, 0.15) is 12.1 Å². The van der Waals surface area contributed by atoms with Gasteiger partial charge in [-0.3, -0.25) is 29.1 Å². The molecule has 4 atom stereocenters. The maximum atomic E-state index is 14.0. The molecule has 11 heteroatoms. The zero-order chi connectivity index (χ0) is 38.9. The Hall–Kier alpha value is -5.42. The molecular weight excluding hydrogens is 681 g/mol. The molecule has 54 heavy (non-hydrogen) atoms. The van der Waals surface area contributed by atoms with Crippen molar-refractivity contribution < 1.29 is 24.3 Å². The van der Waals surface area contributed by atoms with E-state index in [0.717, 1.165) is 22.3 Å². The van der Waals surface area contributed by atoms with Gasteiger partial charge in [-0.2, -0.15) is 0 Å². The van der Waals surface area contributed by atoms with E-state index in [-0.39, 0.29) is 49.3 Å². The number of aryl methyl sites for hydroxylation is 2. The molecule has 4 aromatic rings. The molecule has 4 rings (SSSR count). The number of carbonyl (C=O) groups excluding carboxylic acids is 4. The fraction of sp³-hybridized carbons (Fsp3) is 0.395. The monoisotopic (exact) mass is 734 g/mol. The van der Waals surface area contributed by atoms with Crippen molar-refractivity contribution in [3.63, 3.8) is 0 Å². The van der Waals surface area contributed by atoms with Gasteiger partial charge < -0.3 is 26.4 Å². The number of pyridine rings is 2. The first-order valence-corrected chi connectivity index (χ1v) is 18.7. The average molecular weight is 735 g/mol. The summed E-state index contributed by atoms with van der Waals surface area (Å²) in [4.78, 5) is 62.3. The molecule has 2 aromatic carbocycles. The van der Waals surface area contributed by atoms with Gasteiger partial charge in [0.2, 0.25) is 23.6 Å². The maximum absolute atomic E-state index is 14.0. The second-order valence-corrected chi connectivity index (χ2v) is 14.4. The van der Waals surface area contributed by atoms with Crippen LogP contribution in [0.3, 0.4) is 0 Å². The van der Waals surface area contributed by atoms with Crippen LogP contribution in [0.4, 0.5) is 0 Å². The van der Waals surface area contributed by atoms with Crippen LogP contribution < -0.4 is 21.3 Å². The molecule has 2 aromatic heterocycles. The fourth-order valence-electron chi connectivity index (χ4n) is 6.24. The Balaban J connectivity index is 1.54. The quantitative estimate of drug-likeness (QED) is 0.0912. The van der Waals surface area contributed by atoms with Gasteiger partial charge in [0.15, 0.2) is 0 Å². The highest BCUT2D eigenvalue weighted by Gasteiger charge is 2.35. The van der Waals surface area contributed by atoms with Crippen molar-refractivity contribution in [2.24, 2.45) is 11.8 Å². The Morgan fingerprint density at radius 1 is 0.537 bits per heavy atom. The summed E-state index contributed by atoms with van der Waals surface area (Å²) < 4.78 is 0. The van der Waals surface area contributed by atoms with Crippen LogP contribution >= 0.6 is 0 Å². The summed E-state index contributed by atoms with van der Waals surface area (Å²) in [6.45, 7) is 7.40. The molecule has 0 aliphatic heterocycles. The Morgan fingerprint density at radius 3 is 1.24 bits per heavy atom. The van der Waals surface area contributed by atoms with E-state index >= 15 is 0 Å². The highest BCUT2D eigenvalue weighted by atomic mass is 16.3. The standard InChI is InChI=1S/C43H54N6O5/c1-29(2)39(48-37(50)21-19-33-17-11-23-44-27-33)42(53)46-35(25-31-13-7-5-8-14-31)41(52)36(26-32-15-9-6-10-16-32)47-43(54)40(30(3)4)49-38(51)22-20-34-18-12-24-45-28-34/h5-18,23-24,27-30,35-36,39-41,52H,19-22,25-26H2,1-4H3,(H,46,53)(H,47,54)(H,48,50)(H,49,51)/t35-,36-,39-,40-/m0/s1. The second-order valence-electron chi connectivity index (χ2n) is 14.4. The zero-order valence-electron chi connectivity index (χ0n) is 31.7. The van der Waals surface area contributed by atoms with E-state index in [1.165, 1.54) is 0 Å². The smallest absolute Gasteiger partial charge is 0.243 e. The average Bonchev–Trinajstić information content (AvgIpc) is 3.17. The minimum absolute atomic E-state index is 0.181. The van der Waals surface area contributed by atoms with Crippen molar-refractivity contribution in [2.45, 2.75) is 96.5 Å². The van der Waals surface area contributed by atoms with Crippen molar-refractivity contribution in [3.05, 3.63) is 132 Å². The maximum Gasteiger partial charge on any atom is 0.243 e. The number of aliphatic hydroxyl groups excluding tert-OH is 1. The molecule has 2 heterocycles. The molecule has 0 saturated carbocycles. The van der Waals surface area contributed by atoms with Gasteiger partial charge in [0.25, 0.3) is 0 Å². The predicted octanol–water partition coefficient (Wildman–Crippen LogP) is 4.14. The first-order valence-electron chi connectivity index (χ1n) is 18.7. The molecular formula is C43H54N6O5. The number of hydrogen-bond donors (Lipinski definition) is 5. The van der Waals surface area contributed by atoms with Gasteiger partial charge in [0.05, 0.1) is 18.2 Å². The summed E-state index contributed by atoms with van der Waals surface area (Å²) in [5, 5.41) is 24.1. The molecule has 0 bridgehead atoms. The van der Waals surface area contributed by atoms with Crippen LogP contribution in [0.5, 0.6) is 0 Å². The summed E-state index contributed by atoms with van der Waals surface area (Å²) in [5.74, 6) is -1.94. The third-order valence-corrected chi connectivity index (χ3v) is 9.34. The van der Waals surface area contributed by atoms with Crippen LogP contribution in [0.25, 0.3) is 0 Å². The predicted molar refractivity (Wildman–Crippen MR) is 209 cm³/mol. The van der Waals surface area contributed by atoms with Crippen molar-refractivity contribution in [1.82, 2.24) is 31.2 Å². The first-order chi connectivity index (χ1) is 26.0. The van der Waals surface area contributed by atoms with Gasteiger partial charge in [-0.1, -0.05) is 100 Å². The molecule has 0 unspecified atom stereocenters. The molecule has 5 N–H and O–H groups in total. The Morgan fingerprint density at radius 2 is 0.907 bits per heavy atom. The Labute approximate surface area is 318 Å². The number of benzene rings is 2. The lowest BCUT2D eigenvalue weighted by Gasteiger charge is -2.34. The van der Waals surface area contributed by atoms with E-state index in [9.17, 15) is 24.3 Å². The number of hydrogen-bond acceptors (Lipinski definition) is 7. The van der Waals surface area contributed by atoms with Gasteiger partial charge >= 0.3 is 0 Å². The summed E-state index contributed by atoms with van der Waals surface area (Å²) >= 11 is 0. The molecule has 11 nitrogen and oxygen atoms in total. The highest BCUT2D eigenvalue weighted by Crippen LogP contribution is 2.16. The van der Waals surface area contributed by atoms with E-state index in [0.29, 0.717) is 12.8 Å². The number of nitrogens with one attached hydrogen (secondary N) is 4. The largest absolute Gasteiger partial charge is 0.389 e. The van der Waals surface area contributed by atoms with Gasteiger partial charge in [-0.15, -0.1) is 0 Å². The van der Waals surface area contributed by atoms with Gasteiger partial charge in [-0.25, -0.2) is 0 Å². The number of carbonyl (C=O) groups is 4. The van der Waals surface area contributed by atoms with Crippen LogP contribution in [0.15, 0.2) is 110 Å². The lowest BCUT2D eigenvalue weighted by atomic mass is 9.91. The molecule has 4 amide bonds. The topological polar surface area (TPSA) is 162 Å². The summed E-state index contributed by atoms with van der Waals surface area (Å²) in [6.07, 6.45) is 7.33.